The molecule has 0 fully saturated rings. The van der Waals surface area contributed by atoms with Crippen molar-refractivity contribution in [1.29, 1.82) is 0 Å². The Bertz CT molecular complexity index is 388. The maximum Gasteiger partial charge on any atom is 0.165 e. The largest absolute Gasteiger partial charge is 0.478 e. The number of aliphatic hydroxyl groups is 1. The number of halogens is 1. The van der Waals surface area contributed by atoms with E-state index in [4.69, 9.17) is 4.74 Å². The van der Waals surface area contributed by atoms with E-state index in [0.717, 1.165) is 0 Å². The van der Waals surface area contributed by atoms with Crippen LogP contribution in [0.3, 0.4) is 0 Å². The normalized spacial score (nSPS) is 11.5. The summed E-state index contributed by atoms with van der Waals surface area (Å²) in [4.78, 5) is 0. The van der Waals surface area contributed by atoms with Gasteiger partial charge < -0.3 is 9.84 Å². The van der Waals surface area contributed by atoms with Crippen molar-refractivity contribution in [2.75, 3.05) is 6.61 Å². The topological polar surface area (TPSA) is 29.5 Å². The molecule has 0 saturated heterocycles. The molecule has 0 bridgehead atoms. The molecule has 0 heterocycles. The van der Waals surface area contributed by atoms with Crippen LogP contribution in [-0.2, 0) is 0 Å². The van der Waals surface area contributed by atoms with Gasteiger partial charge in [0.25, 0.3) is 0 Å². The third kappa shape index (κ3) is 3.26. The van der Waals surface area contributed by atoms with Gasteiger partial charge in [-0.25, -0.2) is 4.39 Å². The Morgan fingerprint density at radius 2 is 2.27 bits per heavy atom. The Hall–Kier alpha value is -1.53. The smallest absolute Gasteiger partial charge is 0.165 e. The van der Waals surface area contributed by atoms with Crippen molar-refractivity contribution >= 4 is 0 Å². The molecule has 2 nitrogen and oxygen atoms in total. The van der Waals surface area contributed by atoms with Crippen molar-refractivity contribution in [3.05, 3.63) is 29.6 Å². The zero-order valence-corrected chi connectivity index (χ0v) is 8.75. The van der Waals surface area contributed by atoms with E-state index in [-0.39, 0.29) is 12.4 Å². The lowest BCUT2D eigenvalue weighted by molar-refractivity contribution is 0.198. The highest BCUT2D eigenvalue weighted by Gasteiger charge is 2.07. The number of benzene rings is 1. The van der Waals surface area contributed by atoms with E-state index in [1.165, 1.54) is 12.1 Å². The van der Waals surface area contributed by atoms with Crippen molar-refractivity contribution in [2.45, 2.75) is 20.0 Å². The minimum absolute atomic E-state index is 0.155. The van der Waals surface area contributed by atoms with Gasteiger partial charge in [-0.1, -0.05) is 12.0 Å². The van der Waals surface area contributed by atoms with Gasteiger partial charge in [0.2, 0.25) is 0 Å². The molecule has 1 N–H and O–H groups in total. The fourth-order valence-electron chi connectivity index (χ4n) is 1.08. The lowest BCUT2D eigenvalue weighted by atomic mass is 10.1. The summed E-state index contributed by atoms with van der Waals surface area (Å²) < 4.78 is 18.4. The summed E-state index contributed by atoms with van der Waals surface area (Å²) in [7, 11) is 0. The van der Waals surface area contributed by atoms with Crippen LogP contribution in [0.2, 0.25) is 0 Å². The monoisotopic (exact) mass is 208 g/mol. The zero-order valence-electron chi connectivity index (χ0n) is 8.75. The van der Waals surface area contributed by atoms with Crippen LogP contribution in [0.5, 0.6) is 5.75 Å². The summed E-state index contributed by atoms with van der Waals surface area (Å²) in [5.74, 6) is 5.00. The Morgan fingerprint density at radius 3 is 2.80 bits per heavy atom. The molecule has 1 atom stereocenters. The van der Waals surface area contributed by atoms with Crippen LogP contribution in [0.15, 0.2) is 18.2 Å². The van der Waals surface area contributed by atoms with Gasteiger partial charge in [0.1, 0.15) is 6.61 Å². The Balaban J connectivity index is 2.77. The van der Waals surface area contributed by atoms with Gasteiger partial charge in [-0.2, -0.15) is 0 Å². The second-order valence-corrected chi connectivity index (χ2v) is 3.08. The standard InChI is InChI=1S/C12H13FO2/c1-3-4-7-15-12-6-5-10(9(2)14)8-11(12)13/h5-6,8-9,14H,7H2,1-2H3/t9-/m1/s1. The van der Waals surface area contributed by atoms with Crippen LogP contribution in [0.1, 0.15) is 25.5 Å². The van der Waals surface area contributed by atoms with Crippen molar-refractivity contribution in [3.8, 4) is 17.6 Å². The molecular formula is C12H13FO2. The van der Waals surface area contributed by atoms with E-state index in [1.807, 2.05) is 0 Å². The minimum atomic E-state index is -0.677. The molecule has 0 saturated carbocycles. The maximum absolute atomic E-state index is 13.4. The van der Waals surface area contributed by atoms with Crippen LogP contribution in [0.25, 0.3) is 0 Å². The first-order valence-electron chi connectivity index (χ1n) is 4.65. The van der Waals surface area contributed by atoms with Gasteiger partial charge in [0.15, 0.2) is 11.6 Å². The van der Waals surface area contributed by atoms with Gasteiger partial charge in [-0.05, 0) is 31.5 Å². The SMILES string of the molecule is CC#CCOc1ccc([C@@H](C)O)cc1F. The summed E-state index contributed by atoms with van der Waals surface area (Å²) >= 11 is 0. The molecule has 1 aromatic carbocycles. The second-order valence-electron chi connectivity index (χ2n) is 3.08. The van der Waals surface area contributed by atoms with Crippen molar-refractivity contribution < 1.29 is 14.2 Å². The summed E-state index contributed by atoms with van der Waals surface area (Å²) in [6.07, 6.45) is -0.677. The van der Waals surface area contributed by atoms with Gasteiger partial charge in [0.05, 0.1) is 6.10 Å². The molecule has 80 valence electrons. The fraction of sp³-hybridized carbons (Fsp3) is 0.333. The first kappa shape index (κ1) is 11.5. The average molecular weight is 208 g/mol. The van der Waals surface area contributed by atoms with E-state index in [2.05, 4.69) is 11.8 Å². The lowest BCUT2D eigenvalue weighted by Crippen LogP contribution is -1.98. The Kier molecular flexibility index (Phi) is 4.14. The van der Waals surface area contributed by atoms with E-state index in [0.29, 0.717) is 5.56 Å². The number of hydrogen-bond acceptors (Lipinski definition) is 2. The number of aliphatic hydroxyl groups excluding tert-OH is 1. The molecule has 3 heteroatoms. The van der Waals surface area contributed by atoms with E-state index >= 15 is 0 Å². The lowest BCUT2D eigenvalue weighted by Gasteiger charge is -2.07. The fourth-order valence-corrected chi connectivity index (χ4v) is 1.08. The molecule has 1 rings (SSSR count). The molecule has 0 radical (unpaired) electrons. The van der Waals surface area contributed by atoms with Crippen LogP contribution in [0, 0.1) is 17.7 Å². The minimum Gasteiger partial charge on any atom is -0.478 e. The molecule has 0 spiro atoms. The molecule has 0 aliphatic rings. The molecule has 0 aromatic heterocycles. The Labute approximate surface area is 88.7 Å². The molecule has 15 heavy (non-hydrogen) atoms. The van der Waals surface area contributed by atoms with Crippen LogP contribution in [-0.4, -0.2) is 11.7 Å². The van der Waals surface area contributed by atoms with Crippen LogP contribution in [0.4, 0.5) is 4.39 Å². The van der Waals surface area contributed by atoms with Crippen LogP contribution >= 0.6 is 0 Å². The Morgan fingerprint density at radius 1 is 1.53 bits per heavy atom. The van der Waals surface area contributed by atoms with Crippen molar-refractivity contribution in [2.24, 2.45) is 0 Å². The van der Waals surface area contributed by atoms with Crippen molar-refractivity contribution in [1.82, 2.24) is 0 Å². The van der Waals surface area contributed by atoms with Gasteiger partial charge in [0, 0.05) is 0 Å². The number of ether oxygens (including phenoxy) is 1. The highest BCUT2D eigenvalue weighted by Crippen LogP contribution is 2.21. The van der Waals surface area contributed by atoms with Crippen LogP contribution < -0.4 is 4.74 Å². The summed E-state index contributed by atoms with van der Waals surface area (Å²) in [6, 6.07) is 4.39. The predicted molar refractivity (Wildman–Crippen MR) is 56.0 cm³/mol. The average Bonchev–Trinajstić information content (AvgIpc) is 2.20. The summed E-state index contributed by atoms with van der Waals surface area (Å²) in [5, 5.41) is 9.22. The molecule has 0 amide bonds. The first-order chi connectivity index (χ1) is 7.15. The maximum atomic E-state index is 13.4. The third-order valence-corrected chi connectivity index (χ3v) is 1.91. The van der Waals surface area contributed by atoms with E-state index in [1.54, 1.807) is 19.9 Å². The van der Waals surface area contributed by atoms with E-state index < -0.39 is 11.9 Å². The highest BCUT2D eigenvalue weighted by atomic mass is 19.1. The summed E-state index contributed by atoms with van der Waals surface area (Å²) in [5.41, 5.74) is 0.529. The van der Waals surface area contributed by atoms with Crippen molar-refractivity contribution in [3.63, 3.8) is 0 Å². The molecule has 0 unspecified atom stereocenters. The second kappa shape index (κ2) is 5.38. The first-order valence-corrected chi connectivity index (χ1v) is 4.65. The highest BCUT2D eigenvalue weighted by molar-refractivity contribution is 5.30. The number of rotatable bonds is 3. The van der Waals surface area contributed by atoms with E-state index in [9.17, 15) is 9.50 Å². The van der Waals surface area contributed by atoms with Gasteiger partial charge in [-0.3, -0.25) is 0 Å². The van der Waals surface area contributed by atoms with Gasteiger partial charge >= 0.3 is 0 Å². The molecule has 1 aromatic rings. The van der Waals surface area contributed by atoms with Gasteiger partial charge in [-0.15, -0.1) is 5.92 Å². The summed E-state index contributed by atoms with van der Waals surface area (Å²) in [6.45, 7) is 3.44. The molecule has 0 aliphatic carbocycles. The molecule has 0 aliphatic heterocycles. The number of hydrogen-bond donors (Lipinski definition) is 1. The quantitative estimate of drug-likeness (QED) is 0.772. The zero-order chi connectivity index (χ0) is 11.3. The third-order valence-electron chi connectivity index (χ3n) is 1.91. The predicted octanol–water partition coefficient (Wildman–Crippen LogP) is 2.28. The molecular weight excluding hydrogens is 195 g/mol.